The maximum Gasteiger partial charge on any atom is 0.220 e. The van der Waals surface area contributed by atoms with Crippen molar-refractivity contribution in [2.24, 2.45) is 0 Å². The van der Waals surface area contributed by atoms with Gasteiger partial charge < -0.3 is 0 Å². The molecule has 1 atom stereocenters. The van der Waals surface area contributed by atoms with Gasteiger partial charge in [-0.2, -0.15) is 0 Å². The topological polar surface area (TPSA) is 17.1 Å². The molecule has 0 heterocycles. The summed E-state index contributed by atoms with van der Waals surface area (Å²) in [4.78, 5) is 11.4. The van der Waals surface area contributed by atoms with Gasteiger partial charge in [0.15, 0.2) is 0 Å². The Bertz CT molecular complexity index is 258. The van der Waals surface area contributed by atoms with Gasteiger partial charge in [0.1, 0.15) is 0 Å². The number of rotatable bonds is 2. The van der Waals surface area contributed by atoms with Gasteiger partial charge in [0, 0.05) is 5.56 Å². The SMILES string of the molecule is CC(Br)SC(=O)c1ccccc1. The smallest absolute Gasteiger partial charge is 0.220 e. The first kappa shape index (κ1) is 9.81. The fourth-order valence-electron chi connectivity index (χ4n) is 0.790. The van der Waals surface area contributed by atoms with Crippen LogP contribution in [-0.2, 0) is 0 Å². The van der Waals surface area contributed by atoms with Crippen LogP contribution in [0.1, 0.15) is 17.3 Å². The number of carbonyl (C=O) groups excluding carboxylic acids is 1. The Morgan fingerprint density at radius 1 is 1.42 bits per heavy atom. The van der Waals surface area contributed by atoms with Crippen LogP contribution >= 0.6 is 27.7 Å². The molecule has 3 heteroatoms. The molecule has 0 saturated heterocycles. The first-order valence-corrected chi connectivity index (χ1v) is 5.40. The van der Waals surface area contributed by atoms with Crippen molar-refractivity contribution >= 4 is 32.8 Å². The molecule has 0 fully saturated rings. The van der Waals surface area contributed by atoms with E-state index in [1.54, 1.807) is 0 Å². The van der Waals surface area contributed by atoms with Crippen molar-refractivity contribution in [1.82, 2.24) is 0 Å². The quantitative estimate of drug-likeness (QED) is 0.743. The zero-order chi connectivity index (χ0) is 8.97. The summed E-state index contributed by atoms with van der Waals surface area (Å²) in [6.07, 6.45) is 0. The van der Waals surface area contributed by atoms with Gasteiger partial charge in [-0.15, -0.1) is 0 Å². The summed E-state index contributed by atoms with van der Waals surface area (Å²) in [5, 5.41) is 0.111. The van der Waals surface area contributed by atoms with Crippen molar-refractivity contribution in [2.75, 3.05) is 0 Å². The highest BCUT2D eigenvalue weighted by molar-refractivity contribution is 9.11. The van der Waals surface area contributed by atoms with E-state index in [2.05, 4.69) is 15.9 Å². The van der Waals surface area contributed by atoms with Crippen LogP contribution in [0.4, 0.5) is 0 Å². The monoisotopic (exact) mass is 244 g/mol. The Morgan fingerprint density at radius 3 is 2.50 bits per heavy atom. The highest BCUT2D eigenvalue weighted by Crippen LogP contribution is 2.21. The molecular formula is C9H9BrOS. The van der Waals surface area contributed by atoms with Crippen LogP contribution in [0.2, 0.25) is 0 Å². The first-order valence-electron chi connectivity index (χ1n) is 3.60. The molecule has 1 rings (SSSR count). The lowest BCUT2D eigenvalue weighted by Crippen LogP contribution is -1.95. The summed E-state index contributed by atoms with van der Waals surface area (Å²) in [7, 11) is 0. The van der Waals surface area contributed by atoms with Gasteiger partial charge in [-0.25, -0.2) is 0 Å². The average molecular weight is 245 g/mol. The molecule has 1 nitrogen and oxygen atoms in total. The van der Waals surface area contributed by atoms with Crippen molar-refractivity contribution in [3.05, 3.63) is 35.9 Å². The minimum absolute atomic E-state index is 0.111. The number of thioether (sulfide) groups is 1. The zero-order valence-electron chi connectivity index (χ0n) is 6.66. The zero-order valence-corrected chi connectivity index (χ0v) is 9.06. The van der Waals surface area contributed by atoms with Crippen molar-refractivity contribution < 1.29 is 4.79 Å². The van der Waals surface area contributed by atoms with Crippen LogP contribution < -0.4 is 0 Å². The Hall–Kier alpha value is -0.280. The molecule has 0 N–H and O–H groups in total. The molecule has 0 spiro atoms. The van der Waals surface area contributed by atoms with Crippen LogP contribution in [0.15, 0.2) is 30.3 Å². The van der Waals surface area contributed by atoms with E-state index in [-0.39, 0.29) is 9.27 Å². The highest BCUT2D eigenvalue weighted by Gasteiger charge is 2.08. The molecule has 1 aromatic rings. The summed E-state index contributed by atoms with van der Waals surface area (Å²) in [6, 6.07) is 9.29. The fourth-order valence-corrected chi connectivity index (χ4v) is 1.87. The van der Waals surface area contributed by atoms with E-state index in [0.717, 1.165) is 5.56 Å². The van der Waals surface area contributed by atoms with E-state index >= 15 is 0 Å². The van der Waals surface area contributed by atoms with Gasteiger partial charge in [0.25, 0.3) is 0 Å². The summed E-state index contributed by atoms with van der Waals surface area (Å²) < 4.78 is 0.171. The summed E-state index contributed by atoms with van der Waals surface area (Å²) in [6.45, 7) is 1.94. The van der Waals surface area contributed by atoms with Gasteiger partial charge in [-0.1, -0.05) is 58.0 Å². The van der Waals surface area contributed by atoms with E-state index in [9.17, 15) is 4.79 Å². The third-order valence-electron chi connectivity index (χ3n) is 1.28. The number of halogens is 1. The summed E-state index contributed by atoms with van der Waals surface area (Å²) in [5.74, 6) is 0. The maximum atomic E-state index is 11.4. The Balaban J connectivity index is 2.66. The number of hydrogen-bond donors (Lipinski definition) is 0. The molecule has 0 radical (unpaired) electrons. The molecule has 1 unspecified atom stereocenters. The predicted molar refractivity (Wildman–Crippen MR) is 56.8 cm³/mol. The molecule has 64 valence electrons. The molecule has 0 amide bonds. The molecule has 0 aliphatic carbocycles. The first-order chi connectivity index (χ1) is 5.70. The lowest BCUT2D eigenvalue weighted by Gasteiger charge is -2.00. The van der Waals surface area contributed by atoms with E-state index in [1.165, 1.54) is 11.8 Å². The van der Waals surface area contributed by atoms with Crippen molar-refractivity contribution in [2.45, 2.75) is 11.1 Å². The van der Waals surface area contributed by atoms with Gasteiger partial charge in [-0.3, -0.25) is 4.79 Å². The van der Waals surface area contributed by atoms with E-state index in [1.807, 2.05) is 37.3 Å². The van der Waals surface area contributed by atoms with Crippen LogP contribution in [0, 0.1) is 0 Å². The number of carbonyl (C=O) groups is 1. The highest BCUT2D eigenvalue weighted by atomic mass is 79.9. The van der Waals surface area contributed by atoms with Gasteiger partial charge in [0.05, 0.1) is 4.16 Å². The lowest BCUT2D eigenvalue weighted by atomic mass is 10.2. The number of hydrogen-bond acceptors (Lipinski definition) is 2. The van der Waals surface area contributed by atoms with E-state index < -0.39 is 0 Å². The molecule has 0 aliphatic rings. The second kappa shape index (κ2) is 4.67. The van der Waals surface area contributed by atoms with Gasteiger partial charge >= 0.3 is 0 Å². The standard InChI is InChI=1S/C9H9BrOS/c1-7(10)12-9(11)8-5-3-2-4-6-8/h2-7H,1H3. The average Bonchev–Trinajstić information content (AvgIpc) is 2.05. The summed E-state index contributed by atoms with van der Waals surface area (Å²) in [5.41, 5.74) is 0.758. The van der Waals surface area contributed by atoms with Crippen molar-refractivity contribution in [3.8, 4) is 0 Å². The van der Waals surface area contributed by atoms with Gasteiger partial charge in [0.2, 0.25) is 5.12 Å². The maximum absolute atomic E-state index is 11.4. The lowest BCUT2D eigenvalue weighted by molar-refractivity contribution is 0.108. The molecule has 1 aromatic carbocycles. The minimum atomic E-state index is 0.111. The third-order valence-corrected chi connectivity index (χ3v) is 2.61. The second-order valence-electron chi connectivity index (χ2n) is 2.31. The predicted octanol–water partition coefficient (Wildman–Crippen LogP) is 3.30. The van der Waals surface area contributed by atoms with Crippen molar-refractivity contribution in [3.63, 3.8) is 0 Å². The molecule has 12 heavy (non-hydrogen) atoms. The Kier molecular flexibility index (Phi) is 3.82. The Labute approximate surface area is 84.7 Å². The van der Waals surface area contributed by atoms with Crippen molar-refractivity contribution in [1.29, 1.82) is 0 Å². The van der Waals surface area contributed by atoms with E-state index in [4.69, 9.17) is 0 Å². The largest absolute Gasteiger partial charge is 0.282 e. The number of alkyl halides is 1. The normalized spacial score (nSPS) is 12.5. The molecule has 0 aromatic heterocycles. The summed E-state index contributed by atoms with van der Waals surface area (Å²) >= 11 is 4.60. The van der Waals surface area contributed by atoms with Crippen LogP contribution in [0.5, 0.6) is 0 Å². The van der Waals surface area contributed by atoms with Gasteiger partial charge in [-0.05, 0) is 6.92 Å². The van der Waals surface area contributed by atoms with Crippen LogP contribution in [-0.4, -0.2) is 9.27 Å². The van der Waals surface area contributed by atoms with Crippen LogP contribution in [0.25, 0.3) is 0 Å². The number of benzene rings is 1. The molecule has 0 saturated carbocycles. The Morgan fingerprint density at radius 2 is 2.00 bits per heavy atom. The van der Waals surface area contributed by atoms with Crippen LogP contribution in [0.3, 0.4) is 0 Å². The third kappa shape index (κ3) is 2.99. The second-order valence-corrected chi connectivity index (χ2v) is 5.61. The minimum Gasteiger partial charge on any atom is -0.282 e. The fraction of sp³-hybridized carbons (Fsp3) is 0.222. The van der Waals surface area contributed by atoms with E-state index in [0.29, 0.717) is 0 Å². The molecule has 0 aliphatic heterocycles. The molecule has 0 bridgehead atoms. The molecular weight excluding hydrogens is 236 g/mol.